The minimum Gasteiger partial charge on any atom is -0.356 e. The molecule has 1 amide bonds. The van der Waals surface area contributed by atoms with Crippen LogP contribution in [0.15, 0.2) is 24.3 Å². The molecular weight excluding hydrogens is 212 g/mol. The number of nitrogens with two attached hydrogens (primary N) is 1. The molecule has 0 atom stereocenters. The molecule has 3 heteroatoms. The molecule has 0 spiro atoms. The Labute approximate surface area is 103 Å². The first-order valence-electron chi connectivity index (χ1n) is 5.98. The van der Waals surface area contributed by atoms with E-state index in [4.69, 9.17) is 5.73 Å². The Bertz CT molecular complexity index is 380. The van der Waals surface area contributed by atoms with Gasteiger partial charge in [-0.25, -0.2) is 0 Å². The number of rotatable bonds is 5. The average molecular weight is 234 g/mol. The Morgan fingerprint density at radius 1 is 1.35 bits per heavy atom. The molecule has 0 radical (unpaired) electrons. The standard InChI is InChI=1S/C14H22N2O/c1-11-6-4-5-7-12(11)8-9-16-13(17)10-14(2,3)15/h4-7H,8-10,15H2,1-3H3,(H,16,17). The third kappa shape index (κ3) is 5.50. The van der Waals surface area contributed by atoms with Crippen LogP contribution in [0.5, 0.6) is 0 Å². The largest absolute Gasteiger partial charge is 0.356 e. The summed E-state index contributed by atoms with van der Waals surface area (Å²) >= 11 is 0. The maximum Gasteiger partial charge on any atom is 0.221 e. The maximum atomic E-state index is 11.5. The van der Waals surface area contributed by atoms with Crippen LogP contribution in [0.4, 0.5) is 0 Å². The monoisotopic (exact) mass is 234 g/mol. The Morgan fingerprint density at radius 3 is 2.59 bits per heavy atom. The molecule has 0 fully saturated rings. The van der Waals surface area contributed by atoms with Crippen molar-refractivity contribution in [2.24, 2.45) is 5.73 Å². The van der Waals surface area contributed by atoms with Gasteiger partial charge >= 0.3 is 0 Å². The smallest absolute Gasteiger partial charge is 0.221 e. The van der Waals surface area contributed by atoms with E-state index in [-0.39, 0.29) is 5.91 Å². The lowest BCUT2D eigenvalue weighted by molar-refractivity contribution is -0.121. The van der Waals surface area contributed by atoms with E-state index in [1.165, 1.54) is 11.1 Å². The molecule has 1 aromatic rings. The van der Waals surface area contributed by atoms with E-state index in [0.29, 0.717) is 13.0 Å². The molecule has 94 valence electrons. The van der Waals surface area contributed by atoms with E-state index in [1.807, 2.05) is 26.0 Å². The summed E-state index contributed by atoms with van der Waals surface area (Å²) < 4.78 is 0. The number of hydrogen-bond donors (Lipinski definition) is 2. The van der Waals surface area contributed by atoms with Gasteiger partial charge in [0.05, 0.1) is 0 Å². The highest BCUT2D eigenvalue weighted by atomic mass is 16.1. The molecule has 0 heterocycles. The van der Waals surface area contributed by atoms with Crippen molar-refractivity contribution in [3.63, 3.8) is 0 Å². The number of amides is 1. The second-order valence-electron chi connectivity index (χ2n) is 5.19. The van der Waals surface area contributed by atoms with E-state index in [2.05, 4.69) is 24.4 Å². The first-order chi connectivity index (χ1) is 7.88. The zero-order valence-electron chi connectivity index (χ0n) is 10.9. The maximum absolute atomic E-state index is 11.5. The van der Waals surface area contributed by atoms with Crippen LogP contribution >= 0.6 is 0 Å². The van der Waals surface area contributed by atoms with Crippen molar-refractivity contribution in [1.82, 2.24) is 5.32 Å². The average Bonchev–Trinajstić information content (AvgIpc) is 2.18. The van der Waals surface area contributed by atoms with Crippen molar-refractivity contribution in [3.8, 4) is 0 Å². The quantitative estimate of drug-likeness (QED) is 0.816. The summed E-state index contributed by atoms with van der Waals surface area (Å²) in [6, 6.07) is 8.22. The molecule has 3 nitrogen and oxygen atoms in total. The van der Waals surface area contributed by atoms with Gasteiger partial charge < -0.3 is 11.1 Å². The van der Waals surface area contributed by atoms with Crippen LogP contribution in [-0.2, 0) is 11.2 Å². The van der Waals surface area contributed by atoms with Gasteiger partial charge in [-0.05, 0) is 38.3 Å². The third-order valence-corrected chi connectivity index (χ3v) is 2.59. The normalized spacial score (nSPS) is 11.3. The van der Waals surface area contributed by atoms with E-state index in [1.54, 1.807) is 0 Å². The van der Waals surface area contributed by atoms with Gasteiger partial charge in [0, 0.05) is 18.5 Å². The molecule has 0 aliphatic heterocycles. The van der Waals surface area contributed by atoms with Crippen LogP contribution in [0.3, 0.4) is 0 Å². The zero-order chi connectivity index (χ0) is 12.9. The second-order valence-corrected chi connectivity index (χ2v) is 5.19. The summed E-state index contributed by atoms with van der Waals surface area (Å²) in [6.45, 7) is 6.46. The zero-order valence-corrected chi connectivity index (χ0v) is 10.9. The number of aryl methyl sites for hydroxylation is 1. The van der Waals surface area contributed by atoms with Crippen LogP contribution < -0.4 is 11.1 Å². The second kappa shape index (κ2) is 5.82. The molecule has 0 aromatic heterocycles. The van der Waals surface area contributed by atoms with E-state index in [0.717, 1.165) is 6.42 Å². The van der Waals surface area contributed by atoms with E-state index < -0.39 is 5.54 Å². The summed E-state index contributed by atoms with van der Waals surface area (Å²) in [4.78, 5) is 11.5. The topological polar surface area (TPSA) is 55.1 Å². The number of hydrogen-bond acceptors (Lipinski definition) is 2. The molecule has 1 rings (SSSR count). The molecule has 17 heavy (non-hydrogen) atoms. The van der Waals surface area contributed by atoms with Crippen molar-refractivity contribution in [2.75, 3.05) is 6.54 Å². The first kappa shape index (κ1) is 13.7. The molecule has 0 aliphatic carbocycles. The van der Waals surface area contributed by atoms with Crippen molar-refractivity contribution < 1.29 is 4.79 Å². The Kier molecular flexibility index (Phi) is 4.70. The highest BCUT2D eigenvalue weighted by molar-refractivity contribution is 5.77. The number of benzene rings is 1. The van der Waals surface area contributed by atoms with E-state index >= 15 is 0 Å². The molecule has 1 aromatic carbocycles. The highest BCUT2D eigenvalue weighted by Gasteiger charge is 2.15. The summed E-state index contributed by atoms with van der Waals surface area (Å²) in [6.07, 6.45) is 1.23. The van der Waals surface area contributed by atoms with Crippen LogP contribution in [0.1, 0.15) is 31.4 Å². The Hall–Kier alpha value is -1.35. The predicted molar refractivity (Wildman–Crippen MR) is 70.8 cm³/mol. The van der Waals surface area contributed by atoms with Gasteiger partial charge in [-0.3, -0.25) is 4.79 Å². The predicted octanol–water partition coefficient (Wildman–Crippen LogP) is 1.78. The molecule has 0 aliphatic rings. The van der Waals surface area contributed by atoms with Gasteiger partial charge in [0.2, 0.25) is 5.91 Å². The molecule has 0 unspecified atom stereocenters. The minimum absolute atomic E-state index is 0.0195. The van der Waals surface area contributed by atoms with Crippen LogP contribution in [0.25, 0.3) is 0 Å². The third-order valence-electron chi connectivity index (χ3n) is 2.59. The lowest BCUT2D eigenvalue weighted by atomic mass is 10.0. The highest BCUT2D eigenvalue weighted by Crippen LogP contribution is 2.07. The summed E-state index contributed by atoms with van der Waals surface area (Å²) in [5.74, 6) is 0.0195. The lowest BCUT2D eigenvalue weighted by Crippen LogP contribution is -2.39. The van der Waals surface area contributed by atoms with Crippen molar-refractivity contribution in [2.45, 2.75) is 39.2 Å². The number of carbonyl (C=O) groups excluding carboxylic acids is 1. The van der Waals surface area contributed by atoms with Gasteiger partial charge in [-0.1, -0.05) is 24.3 Å². The lowest BCUT2D eigenvalue weighted by Gasteiger charge is -2.17. The van der Waals surface area contributed by atoms with Crippen LogP contribution in [0, 0.1) is 6.92 Å². The van der Waals surface area contributed by atoms with Gasteiger partial charge in [0.1, 0.15) is 0 Å². The van der Waals surface area contributed by atoms with Crippen molar-refractivity contribution in [3.05, 3.63) is 35.4 Å². The van der Waals surface area contributed by atoms with Gasteiger partial charge in [0.25, 0.3) is 0 Å². The molecule has 0 bridgehead atoms. The number of carbonyl (C=O) groups is 1. The summed E-state index contributed by atoms with van der Waals surface area (Å²) in [5, 5.41) is 2.90. The Morgan fingerprint density at radius 2 is 2.00 bits per heavy atom. The summed E-state index contributed by atoms with van der Waals surface area (Å²) in [5.41, 5.74) is 7.89. The van der Waals surface area contributed by atoms with Crippen molar-refractivity contribution in [1.29, 1.82) is 0 Å². The fraction of sp³-hybridized carbons (Fsp3) is 0.500. The Balaban J connectivity index is 2.34. The van der Waals surface area contributed by atoms with Gasteiger partial charge in [-0.2, -0.15) is 0 Å². The number of nitrogens with one attached hydrogen (secondary N) is 1. The fourth-order valence-electron chi connectivity index (χ4n) is 1.70. The summed E-state index contributed by atoms with van der Waals surface area (Å²) in [7, 11) is 0. The molecular formula is C14H22N2O. The van der Waals surface area contributed by atoms with E-state index in [9.17, 15) is 4.79 Å². The molecule has 3 N–H and O–H groups in total. The van der Waals surface area contributed by atoms with Crippen LogP contribution in [-0.4, -0.2) is 18.0 Å². The minimum atomic E-state index is -0.438. The SMILES string of the molecule is Cc1ccccc1CCNC(=O)CC(C)(C)N. The molecule has 0 saturated heterocycles. The van der Waals surface area contributed by atoms with Gasteiger partial charge in [-0.15, -0.1) is 0 Å². The van der Waals surface area contributed by atoms with Crippen molar-refractivity contribution >= 4 is 5.91 Å². The molecule has 0 saturated carbocycles. The first-order valence-corrected chi connectivity index (χ1v) is 5.98. The van der Waals surface area contributed by atoms with Crippen LogP contribution in [0.2, 0.25) is 0 Å². The fourth-order valence-corrected chi connectivity index (χ4v) is 1.70. The van der Waals surface area contributed by atoms with Gasteiger partial charge in [0.15, 0.2) is 0 Å².